The molecule has 6 nitrogen and oxygen atoms in total. The Bertz CT molecular complexity index is 1130. The molecule has 3 aromatic rings. The van der Waals surface area contributed by atoms with Gasteiger partial charge in [-0.05, 0) is 62.6 Å². The molecule has 3 N–H and O–H groups in total. The second-order valence-electron chi connectivity index (χ2n) is 7.96. The van der Waals surface area contributed by atoms with Gasteiger partial charge in [0.25, 0.3) is 5.91 Å². The number of fused-ring (bicyclic) bond motifs is 1. The lowest BCUT2D eigenvalue weighted by molar-refractivity contribution is -0.122. The summed E-state index contributed by atoms with van der Waals surface area (Å²) in [6.45, 7) is 5.27. The standard InChI is InChI=1S/C24H26N4O2/c1-15-9-10-17-13-19(16(2)26-21(17)12-15)24(30)27-20-7-4-3-6-18(20)14-28-11-5-8-22(28)23(25)29/h3-4,6-7,9-10,12-13,22H,5,8,11,14H2,1-2H3,(H2,25,29)(H,27,30)/t22-/m1/s1. The fraction of sp³-hybridized carbons (Fsp3) is 0.292. The number of primary amides is 1. The summed E-state index contributed by atoms with van der Waals surface area (Å²) < 4.78 is 0. The first kappa shape index (κ1) is 20.0. The predicted octanol–water partition coefficient (Wildman–Crippen LogP) is 3.55. The molecule has 0 bridgehead atoms. The van der Waals surface area contributed by atoms with Gasteiger partial charge in [0.1, 0.15) is 0 Å². The van der Waals surface area contributed by atoms with Gasteiger partial charge >= 0.3 is 0 Å². The normalized spacial score (nSPS) is 16.7. The van der Waals surface area contributed by atoms with Gasteiger partial charge in [-0.3, -0.25) is 19.5 Å². The van der Waals surface area contributed by atoms with Crippen molar-refractivity contribution in [1.82, 2.24) is 9.88 Å². The highest BCUT2D eigenvalue weighted by Crippen LogP contribution is 2.25. The summed E-state index contributed by atoms with van der Waals surface area (Å²) in [6.07, 6.45) is 1.73. The van der Waals surface area contributed by atoms with Crippen LogP contribution in [0.5, 0.6) is 0 Å². The van der Waals surface area contributed by atoms with Gasteiger partial charge in [0.2, 0.25) is 5.91 Å². The average molecular weight is 402 g/mol. The maximum Gasteiger partial charge on any atom is 0.257 e. The van der Waals surface area contributed by atoms with Crippen molar-refractivity contribution >= 4 is 28.4 Å². The zero-order valence-corrected chi connectivity index (χ0v) is 17.3. The number of benzene rings is 2. The van der Waals surface area contributed by atoms with Crippen LogP contribution in [0.4, 0.5) is 5.69 Å². The summed E-state index contributed by atoms with van der Waals surface area (Å²) in [5, 5.41) is 3.98. The number of rotatable bonds is 5. The largest absolute Gasteiger partial charge is 0.368 e. The summed E-state index contributed by atoms with van der Waals surface area (Å²) in [5.74, 6) is -0.482. The molecular weight excluding hydrogens is 376 g/mol. The molecule has 0 radical (unpaired) electrons. The number of aromatic nitrogens is 1. The van der Waals surface area contributed by atoms with E-state index in [0.717, 1.165) is 47.1 Å². The Labute approximate surface area is 176 Å². The summed E-state index contributed by atoms with van der Waals surface area (Å²) in [7, 11) is 0. The monoisotopic (exact) mass is 402 g/mol. The quantitative estimate of drug-likeness (QED) is 0.683. The van der Waals surface area contributed by atoms with E-state index in [2.05, 4.69) is 15.2 Å². The van der Waals surface area contributed by atoms with Crippen molar-refractivity contribution in [3.8, 4) is 0 Å². The number of pyridine rings is 1. The molecule has 154 valence electrons. The van der Waals surface area contributed by atoms with Crippen LogP contribution < -0.4 is 11.1 Å². The van der Waals surface area contributed by atoms with Crippen LogP contribution in [0.25, 0.3) is 10.9 Å². The molecule has 1 saturated heterocycles. The molecule has 2 heterocycles. The molecule has 6 heteroatoms. The number of nitrogens with one attached hydrogen (secondary N) is 1. The maximum absolute atomic E-state index is 13.1. The van der Waals surface area contributed by atoms with Crippen LogP contribution in [0.3, 0.4) is 0 Å². The number of likely N-dealkylation sites (tertiary alicyclic amines) is 1. The van der Waals surface area contributed by atoms with Gasteiger partial charge in [0.15, 0.2) is 0 Å². The Kier molecular flexibility index (Phi) is 5.50. The van der Waals surface area contributed by atoms with Gasteiger partial charge < -0.3 is 11.1 Å². The SMILES string of the molecule is Cc1ccc2cc(C(=O)Nc3ccccc3CN3CCC[C@@H]3C(N)=O)c(C)nc2c1. The van der Waals surface area contributed by atoms with Crippen molar-refractivity contribution in [3.05, 3.63) is 70.9 Å². The lowest BCUT2D eigenvalue weighted by atomic mass is 10.1. The number of amides is 2. The molecule has 1 aromatic heterocycles. The molecule has 1 fully saturated rings. The highest BCUT2D eigenvalue weighted by molar-refractivity contribution is 6.07. The number of aryl methyl sites for hydroxylation is 2. The van der Waals surface area contributed by atoms with Gasteiger partial charge in [-0.25, -0.2) is 0 Å². The molecule has 0 aliphatic carbocycles. The number of carbonyl (C=O) groups is 2. The van der Waals surface area contributed by atoms with E-state index in [4.69, 9.17) is 5.73 Å². The first-order chi connectivity index (χ1) is 14.4. The summed E-state index contributed by atoms with van der Waals surface area (Å²) in [5.41, 5.74) is 10.5. The summed E-state index contributed by atoms with van der Waals surface area (Å²) in [4.78, 5) is 31.5. The molecule has 1 aliphatic heterocycles. The lowest BCUT2D eigenvalue weighted by Crippen LogP contribution is -2.39. The molecule has 0 saturated carbocycles. The van der Waals surface area contributed by atoms with Crippen molar-refractivity contribution in [2.75, 3.05) is 11.9 Å². The Morgan fingerprint density at radius 1 is 1.17 bits per heavy atom. The number of hydrogen-bond donors (Lipinski definition) is 2. The lowest BCUT2D eigenvalue weighted by Gasteiger charge is -2.23. The van der Waals surface area contributed by atoms with Crippen LogP contribution in [0, 0.1) is 13.8 Å². The van der Waals surface area contributed by atoms with Crippen LogP contribution in [0.15, 0.2) is 48.5 Å². The van der Waals surface area contributed by atoms with Crippen molar-refractivity contribution in [2.45, 2.75) is 39.3 Å². The van der Waals surface area contributed by atoms with E-state index in [0.29, 0.717) is 17.8 Å². The Hall–Kier alpha value is -3.25. The molecule has 4 rings (SSSR count). The Balaban J connectivity index is 1.58. The third kappa shape index (κ3) is 4.04. The Morgan fingerprint density at radius 3 is 2.77 bits per heavy atom. The smallest absolute Gasteiger partial charge is 0.257 e. The number of hydrogen-bond acceptors (Lipinski definition) is 4. The second-order valence-corrected chi connectivity index (χ2v) is 7.96. The molecule has 2 aromatic carbocycles. The fourth-order valence-electron chi connectivity index (χ4n) is 4.13. The van der Waals surface area contributed by atoms with E-state index in [1.807, 2.05) is 62.4 Å². The van der Waals surface area contributed by atoms with Crippen LogP contribution in [0.1, 0.15) is 40.0 Å². The van der Waals surface area contributed by atoms with Crippen LogP contribution in [0.2, 0.25) is 0 Å². The zero-order valence-electron chi connectivity index (χ0n) is 17.3. The van der Waals surface area contributed by atoms with Crippen LogP contribution >= 0.6 is 0 Å². The van der Waals surface area contributed by atoms with Crippen molar-refractivity contribution in [1.29, 1.82) is 0 Å². The van der Waals surface area contributed by atoms with Gasteiger partial charge in [-0.15, -0.1) is 0 Å². The minimum Gasteiger partial charge on any atom is -0.368 e. The minimum atomic E-state index is -0.290. The summed E-state index contributed by atoms with van der Waals surface area (Å²) in [6, 6.07) is 15.3. The van der Waals surface area contributed by atoms with E-state index in [1.54, 1.807) is 0 Å². The number of carbonyl (C=O) groups excluding carboxylic acids is 2. The van der Waals surface area contributed by atoms with E-state index in [-0.39, 0.29) is 17.9 Å². The maximum atomic E-state index is 13.1. The first-order valence-electron chi connectivity index (χ1n) is 10.2. The molecule has 2 amide bonds. The molecular formula is C24H26N4O2. The number of nitrogens with two attached hydrogens (primary N) is 1. The predicted molar refractivity (Wildman–Crippen MR) is 118 cm³/mol. The van der Waals surface area contributed by atoms with Crippen LogP contribution in [-0.2, 0) is 11.3 Å². The molecule has 0 spiro atoms. The number of nitrogens with zero attached hydrogens (tertiary/aromatic N) is 2. The molecule has 0 unspecified atom stereocenters. The zero-order chi connectivity index (χ0) is 21.3. The highest BCUT2D eigenvalue weighted by Gasteiger charge is 2.29. The molecule has 1 atom stereocenters. The molecule has 30 heavy (non-hydrogen) atoms. The number of anilines is 1. The van der Waals surface area contributed by atoms with Gasteiger partial charge in [-0.1, -0.05) is 30.3 Å². The van der Waals surface area contributed by atoms with E-state index in [9.17, 15) is 9.59 Å². The van der Waals surface area contributed by atoms with Gasteiger partial charge in [-0.2, -0.15) is 0 Å². The fourth-order valence-corrected chi connectivity index (χ4v) is 4.13. The number of para-hydroxylation sites is 1. The van der Waals surface area contributed by atoms with E-state index >= 15 is 0 Å². The second kappa shape index (κ2) is 8.24. The van der Waals surface area contributed by atoms with Crippen molar-refractivity contribution in [2.24, 2.45) is 5.73 Å². The highest BCUT2D eigenvalue weighted by atomic mass is 16.2. The third-order valence-electron chi connectivity index (χ3n) is 5.74. The van der Waals surface area contributed by atoms with Crippen molar-refractivity contribution < 1.29 is 9.59 Å². The van der Waals surface area contributed by atoms with E-state index in [1.165, 1.54) is 0 Å². The average Bonchev–Trinajstić information content (AvgIpc) is 3.17. The summed E-state index contributed by atoms with van der Waals surface area (Å²) >= 11 is 0. The van der Waals surface area contributed by atoms with Gasteiger partial charge in [0, 0.05) is 17.6 Å². The Morgan fingerprint density at radius 2 is 1.97 bits per heavy atom. The van der Waals surface area contributed by atoms with Gasteiger partial charge in [0.05, 0.1) is 22.8 Å². The minimum absolute atomic E-state index is 0.192. The topological polar surface area (TPSA) is 88.3 Å². The first-order valence-corrected chi connectivity index (χ1v) is 10.2. The van der Waals surface area contributed by atoms with Crippen LogP contribution in [-0.4, -0.2) is 34.3 Å². The van der Waals surface area contributed by atoms with Crippen molar-refractivity contribution in [3.63, 3.8) is 0 Å². The molecule has 1 aliphatic rings. The van der Waals surface area contributed by atoms with E-state index < -0.39 is 0 Å². The third-order valence-corrected chi connectivity index (χ3v) is 5.74.